The standard InChI is InChI=1S/C22H14Cl2N2O4/c1-12-18(21(27)26(25-12)15-4-2-3-14(23)10-15)11-16-6-8-20(30-16)13-5-7-17(22(28)29)19(24)9-13/h2-11H,1H3,(H,28,29)/b18-11+. The van der Waals surface area contributed by atoms with E-state index >= 15 is 0 Å². The Balaban J connectivity index is 1.61. The first-order valence-corrected chi connectivity index (χ1v) is 9.59. The number of anilines is 1. The fraction of sp³-hybridized carbons (Fsp3) is 0.0455. The van der Waals surface area contributed by atoms with E-state index in [1.54, 1.807) is 55.5 Å². The molecule has 8 heteroatoms. The van der Waals surface area contributed by atoms with Gasteiger partial charge in [0.25, 0.3) is 5.91 Å². The molecule has 150 valence electrons. The second-order valence-electron chi connectivity index (χ2n) is 6.54. The van der Waals surface area contributed by atoms with Gasteiger partial charge in [0.1, 0.15) is 11.5 Å². The first kappa shape index (κ1) is 19.9. The molecule has 0 saturated carbocycles. The van der Waals surface area contributed by atoms with Gasteiger partial charge in [-0.25, -0.2) is 4.79 Å². The smallest absolute Gasteiger partial charge is 0.337 e. The van der Waals surface area contributed by atoms with Gasteiger partial charge < -0.3 is 9.52 Å². The molecular formula is C22H14Cl2N2O4. The van der Waals surface area contributed by atoms with Crippen LogP contribution in [0.1, 0.15) is 23.0 Å². The van der Waals surface area contributed by atoms with Gasteiger partial charge >= 0.3 is 5.97 Å². The van der Waals surface area contributed by atoms with Gasteiger partial charge in [-0.3, -0.25) is 4.79 Å². The molecule has 1 N–H and O–H groups in total. The van der Waals surface area contributed by atoms with Crippen LogP contribution in [-0.4, -0.2) is 22.7 Å². The van der Waals surface area contributed by atoms with Crippen LogP contribution in [0.5, 0.6) is 0 Å². The first-order chi connectivity index (χ1) is 14.3. The van der Waals surface area contributed by atoms with E-state index in [2.05, 4.69) is 5.10 Å². The molecule has 4 rings (SSSR count). The molecule has 0 radical (unpaired) electrons. The average Bonchev–Trinajstić information content (AvgIpc) is 3.28. The van der Waals surface area contributed by atoms with Crippen LogP contribution in [0.4, 0.5) is 5.69 Å². The van der Waals surface area contributed by atoms with Crippen LogP contribution in [0.2, 0.25) is 10.0 Å². The Morgan fingerprint density at radius 2 is 1.93 bits per heavy atom. The van der Waals surface area contributed by atoms with Crippen molar-refractivity contribution in [1.82, 2.24) is 0 Å². The van der Waals surface area contributed by atoms with Crippen LogP contribution >= 0.6 is 23.2 Å². The third-order valence-corrected chi connectivity index (χ3v) is 5.06. The highest BCUT2D eigenvalue weighted by Gasteiger charge is 2.29. The highest BCUT2D eigenvalue weighted by Crippen LogP contribution is 2.30. The summed E-state index contributed by atoms with van der Waals surface area (Å²) >= 11 is 12.0. The van der Waals surface area contributed by atoms with Gasteiger partial charge in [-0.2, -0.15) is 10.1 Å². The zero-order valence-electron chi connectivity index (χ0n) is 15.6. The van der Waals surface area contributed by atoms with Gasteiger partial charge in [0.2, 0.25) is 0 Å². The van der Waals surface area contributed by atoms with Crippen LogP contribution in [0, 0.1) is 0 Å². The Morgan fingerprint density at radius 1 is 1.13 bits per heavy atom. The fourth-order valence-corrected chi connectivity index (χ4v) is 3.48. The molecule has 1 amide bonds. The zero-order valence-corrected chi connectivity index (χ0v) is 17.1. The lowest BCUT2D eigenvalue weighted by atomic mass is 10.1. The van der Waals surface area contributed by atoms with Gasteiger partial charge in [-0.1, -0.05) is 35.3 Å². The highest BCUT2D eigenvalue weighted by atomic mass is 35.5. The minimum atomic E-state index is -1.10. The quantitative estimate of drug-likeness (QED) is 0.522. The number of rotatable bonds is 4. The summed E-state index contributed by atoms with van der Waals surface area (Å²) < 4.78 is 5.81. The number of carbonyl (C=O) groups excluding carboxylic acids is 1. The number of hydrogen-bond acceptors (Lipinski definition) is 4. The van der Waals surface area contributed by atoms with Crippen molar-refractivity contribution < 1.29 is 19.1 Å². The van der Waals surface area contributed by atoms with Crippen molar-refractivity contribution >= 4 is 52.6 Å². The molecule has 2 aromatic carbocycles. The average molecular weight is 441 g/mol. The number of carbonyl (C=O) groups is 2. The fourth-order valence-electron chi connectivity index (χ4n) is 3.04. The number of hydrazone groups is 1. The largest absolute Gasteiger partial charge is 0.478 e. The van der Waals surface area contributed by atoms with Gasteiger partial charge in [-0.05, 0) is 55.5 Å². The minimum absolute atomic E-state index is 0.0128. The molecule has 0 fully saturated rings. The Labute approximate surface area is 181 Å². The van der Waals surface area contributed by atoms with E-state index in [-0.39, 0.29) is 16.5 Å². The van der Waals surface area contributed by atoms with Crippen molar-refractivity contribution in [2.45, 2.75) is 6.92 Å². The Bertz CT molecular complexity index is 1240. The predicted octanol–water partition coefficient (Wildman–Crippen LogP) is 5.76. The Kier molecular flexibility index (Phi) is 5.20. The van der Waals surface area contributed by atoms with Gasteiger partial charge in [-0.15, -0.1) is 0 Å². The summed E-state index contributed by atoms with van der Waals surface area (Å²) in [6.45, 7) is 1.74. The maximum atomic E-state index is 12.8. The van der Waals surface area contributed by atoms with Gasteiger partial charge in [0.15, 0.2) is 0 Å². The van der Waals surface area contributed by atoms with Crippen LogP contribution in [-0.2, 0) is 4.79 Å². The number of amides is 1. The lowest BCUT2D eigenvalue weighted by molar-refractivity contribution is -0.114. The van der Waals surface area contributed by atoms with Crippen molar-refractivity contribution in [2.24, 2.45) is 5.10 Å². The summed E-state index contributed by atoms with van der Waals surface area (Å²) in [5.41, 5.74) is 2.16. The molecule has 1 aliphatic heterocycles. The second-order valence-corrected chi connectivity index (χ2v) is 7.39. The highest BCUT2D eigenvalue weighted by molar-refractivity contribution is 6.34. The first-order valence-electron chi connectivity index (χ1n) is 8.84. The van der Waals surface area contributed by atoms with E-state index in [1.165, 1.54) is 17.1 Å². The predicted molar refractivity (Wildman–Crippen MR) is 116 cm³/mol. The minimum Gasteiger partial charge on any atom is -0.478 e. The molecule has 2 heterocycles. The number of aromatic carboxylic acids is 1. The molecule has 6 nitrogen and oxygen atoms in total. The maximum Gasteiger partial charge on any atom is 0.337 e. The molecule has 0 aliphatic carbocycles. The SMILES string of the molecule is CC1=NN(c2cccc(Cl)c2)C(=O)/C1=C/c1ccc(-c2ccc(C(=O)O)c(Cl)c2)o1. The number of hydrogen-bond donors (Lipinski definition) is 1. The molecule has 0 spiro atoms. The topological polar surface area (TPSA) is 83.1 Å². The molecule has 0 saturated heterocycles. The monoisotopic (exact) mass is 440 g/mol. The summed E-state index contributed by atoms with van der Waals surface area (Å²) in [6, 6.07) is 14.9. The molecule has 0 unspecified atom stereocenters. The van der Waals surface area contributed by atoms with E-state index in [0.29, 0.717) is 39.1 Å². The van der Waals surface area contributed by atoms with Gasteiger partial charge in [0, 0.05) is 10.6 Å². The van der Waals surface area contributed by atoms with Crippen molar-refractivity contribution in [1.29, 1.82) is 0 Å². The van der Waals surface area contributed by atoms with E-state index < -0.39 is 5.97 Å². The Hall–Kier alpha value is -3.35. The van der Waals surface area contributed by atoms with E-state index in [4.69, 9.17) is 32.7 Å². The lowest BCUT2D eigenvalue weighted by Crippen LogP contribution is -2.21. The summed E-state index contributed by atoms with van der Waals surface area (Å²) in [6.07, 6.45) is 1.61. The summed E-state index contributed by atoms with van der Waals surface area (Å²) in [5.74, 6) is -0.446. The molecule has 0 atom stereocenters. The van der Waals surface area contributed by atoms with Gasteiger partial charge in [0.05, 0.1) is 27.6 Å². The van der Waals surface area contributed by atoms with Crippen LogP contribution in [0.3, 0.4) is 0 Å². The molecule has 1 aliphatic rings. The van der Waals surface area contributed by atoms with E-state index in [1.807, 2.05) is 0 Å². The summed E-state index contributed by atoms with van der Waals surface area (Å²) in [4.78, 5) is 23.9. The molecule has 1 aromatic heterocycles. The number of carboxylic acids is 1. The summed E-state index contributed by atoms with van der Waals surface area (Å²) in [5, 5.41) is 15.3. The third kappa shape index (κ3) is 3.75. The number of carboxylic acid groups (broad SMARTS) is 1. The normalized spacial score (nSPS) is 15.0. The van der Waals surface area contributed by atoms with Crippen molar-refractivity contribution in [2.75, 3.05) is 5.01 Å². The molecule has 3 aromatic rings. The number of halogens is 2. The molecular weight excluding hydrogens is 427 g/mol. The number of furan rings is 1. The molecule has 30 heavy (non-hydrogen) atoms. The van der Waals surface area contributed by atoms with E-state index in [0.717, 1.165) is 0 Å². The zero-order chi connectivity index (χ0) is 21.4. The van der Waals surface area contributed by atoms with Crippen molar-refractivity contribution in [3.63, 3.8) is 0 Å². The number of benzene rings is 2. The lowest BCUT2D eigenvalue weighted by Gasteiger charge is -2.11. The number of nitrogens with zero attached hydrogens (tertiary/aromatic N) is 2. The second kappa shape index (κ2) is 7.82. The Morgan fingerprint density at radius 3 is 2.63 bits per heavy atom. The van der Waals surface area contributed by atoms with E-state index in [9.17, 15) is 9.59 Å². The van der Waals surface area contributed by atoms with Crippen LogP contribution < -0.4 is 5.01 Å². The maximum absolute atomic E-state index is 12.8. The van der Waals surface area contributed by atoms with Crippen LogP contribution in [0.15, 0.2) is 69.7 Å². The molecule has 0 bridgehead atoms. The van der Waals surface area contributed by atoms with Crippen LogP contribution in [0.25, 0.3) is 17.4 Å². The summed E-state index contributed by atoms with van der Waals surface area (Å²) in [7, 11) is 0. The third-order valence-electron chi connectivity index (χ3n) is 4.51. The van der Waals surface area contributed by atoms with Crippen molar-refractivity contribution in [3.8, 4) is 11.3 Å². The van der Waals surface area contributed by atoms with Crippen molar-refractivity contribution in [3.05, 3.63) is 81.5 Å².